The topological polar surface area (TPSA) is 24.1 Å². The van der Waals surface area contributed by atoms with Gasteiger partial charge in [0, 0.05) is 5.69 Å². The molecule has 2 nitrogen and oxygen atoms in total. The molecule has 20 heavy (non-hydrogen) atoms. The van der Waals surface area contributed by atoms with Crippen LogP contribution in [0.2, 0.25) is 15.1 Å². The molecular formula is C13H8Cl3FN2S. The Balaban J connectivity index is 2.09. The van der Waals surface area contributed by atoms with Crippen molar-refractivity contribution in [3.8, 4) is 0 Å². The van der Waals surface area contributed by atoms with Crippen molar-refractivity contribution >= 4 is 63.5 Å². The summed E-state index contributed by atoms with van der Waals surface area (Å²) in [5.74, 6) is -0.563. The van der Waals surface area contributed by atoms with E-state index < -0.39 is 5.82 Å². The summed E-state index contributed by atoms with van der Waals surface area (Å²) in [5.41, 5.74) is 0.828. The summed E-state index contributed by atoms with van der Waals surface area (Å²) in [7, 11) is 0. The average Bonchev–Trinajstić information content (AvgIpc) is 2.39. The summed E-state index contributed by atoms with van der Waals surface area (Å²) >= 11 is 22.5. The maximum absolute atomic E-state index is 13.7. The molecule has 2 aromatic carbocycles. The SMILES string of the molecule is Fc1c(Cl)cccc1NC(=S)Nc1ccc(Cl)c(Cl)c1. The Morgan fingerprint density at radius 2 is 1.70 bits per heavy atom. The van der Waals surface area contributed by atoms with Crippen molar-refractivity contribution in [2.45, 2.75) is 0 Å². The normalized spacial score (nSPS) is 10.2. The van der Waals surface area contributed by atoms with Crippen molar-refractivity contribution in [1.29, 1.82) is 0 Å². The highest BCUT2D eigenvalue weighted by atomic mass is 35.5. The van der Waals surface area contributed by atoms with Crippen molar-refractivity contribution in [3.05, 3.63) is 57.3 Å². The van der Waals surface area contributed by atoms with E-state index in [0.717, 1.165) is 0 Å². The van der Waals surface area contributed by atoms with Crippen LogP contribution in [0.4, 0.5) is 15.8 Å². The molecule has 0 aromatic heterocycles. The molecule has 7 heteroatoms. The van der Waals surface area contributed by atoms with E-state index in [2.05, 4.69) is 10.6 Å². The summed E-state index contributed by atoms with van der Waals surface area (Å²) < 4.78 is 13.7. The second kappa shape index (κ2) is 6.59. The minimum atomic E-state index is -0.563. The second-order valence-corrected chi connectivity index (χ2v) is 5.44. The van der Waals surface area contributed by atoms with E-state index in [4.69, 9.17) is 47.0 Å². The molecule has 0 bridgehead atoms. The molecule has 0 aliphatic rings. The Morgan fingerprint density at radius 3 is 2.40 bits per heavy atom. The zero-order chi connectivity index (χ0) is 14.7. The maximum Gasteiger partial charge on any atom is 0.175 e. The standard InChI is InChI=1S/C13H8Cl3FN2S/c14-8-5-4-7(6-10(8)16)18-13(20)19-11-3-1-2-9(15)12(11)17/h1-6H,(H2,18,19,20). The number of thiocarbonyl (C=S) groups is 1. The molecule has 0 fully saturated rings. The van der Waals surface area contributed by atoms with Crippen molar-refractivity contribution < 1.29 is 4.39 Å². The van der Waals surface area contributed by atoms with Gasteiger partial charge in [-0.1, -0.05) is 40.9 Å². The van der Waals surface area contributed by atoms with Crippen molar-refractivity contribution in [3.63, 3.8) is 0 Å². The molecule has 2 aromatic rings. The first-order valence-electron chi connectivity index (χ1n) is 5.44. The van der Waals surface area contributed by atoms with E-state index in [1.54, 1.807) is 24.3 Å². The fourth-order valence-corrected chi connectivity index (χ4v) is 2.16. The summed E-state index contributed by atoms with van der Waals surface area (Å²) in [5, 5.41) is 6.66. The first kappa shape index (κ1) is 15.3. The quantitative estimate of drug-likeness (QED) is 0.691. The second-order valence-electron chi connectivity index (χ2n) is 3.81. The van der Waals surface area contributed by atoms with Crippen molar-refractivity contribution in [2.24, 2.45) is 0 Å². The lowest BCUT2D eigenvalue weighted by atomic mass is 10.3. The molecule has 2 N–H and O–H groups in total. The largest absolute Gasteiger partial charge is 0.332 e. The van der Waals surface area contributed by atoms with Crippen LogP contribution < -0.4 is 10.6 Å². The van der Waals surface area contributed by atoms with E-state index >= 15 is 0 Å². The fraction of sp³-hybridized carbons (Fsp3) is 0. The van der Waals surface area contributed by atoms with Crippen LogP contribution in [0.15, 0.2) is 36.4 Å². The number of benzene rings is 2. The van der Waals surface area contributed by atoms with Crippen LogP contribution in [-0.4, -0.2) is 5.11 Å². The zero-order valence-corrected chi connectivity index (χ0v) is 13.0. The van der Waals surface area contributed by atoms with Gasteiger partial charge >= 0.3 is 0 Å². The monoisotopic (exact) mass is 348 g/mol. The maximum atomic E-state index is 13.7. The predicted octanol–water partition coefficient (Wildman–Crippen LogP) is 5.59. The molecule has 0 amide bonds. The fourth-order valence-electron chi connectivity index (χ4n) is 1.46. The summed E-state index contributed by atoms with van der Waals surface area (Å²) in [4.78, 5) is 0. The molecule has 104 valence electrons. The van der Waals surface area contributed by atoms with Crippen LogP contribution in [0, 0.1) is 5.82 Å². The van der Waals surface area contributed by atoms with E-state index in [1.807, 2.05) is 0 Å². The van der Waals surface area contributed by atoms with Gasteiger partial charge in [0.25, 0.3) is 0 Å². The Hall–Kier alpha value is -1.07. The number of anilines is 2. The van der Waals surface area contributed by atoms with Crippen LogP contribution >= 0.6 is 47.0 Å². The van der Waals surface area contributed by atoms with E-state index in [-0.39, 0.29) is 15.8 Å². The Morgan fingerprint density at radius 1 is 0.950 bits per heavy atom. The van der Waals surface area contributed by atoms with Gasteiger partial charge in [-0.05, 0) is 42.5 Å². The highest BCUT2D eigenvalue weighted by molar-refractivity contribution is 7.80. The lowest BCUT2D eigenvalue weighted by Gasteiger charge is -2.12. The first-order valence-corrected chi connectivity index (χ1v) is 6.98. The average molecular weight is 350 g/mol. The molecule has 0 radical (unpaired) electrons. The van der Waals surface area contributed by atoms with Gasteiger partial charge in [0.15, 0.2) is 10.9 Å². The molecule has 2 rings (SSSR count). The van der Waals surface area contributed by atoms with E-state index in [0.29, 0.717) is 15.7 Å². The van der Waals surface area contributed by atoms with Crippen LogP contribution in [0.3, 0.4) is 0 Å². The lowest BCUT2D eigenvalue weighted by molar-refractivity contribution is 0.632. The Labute approximate surface area is 135 Å². The van der Waals surface area contributed by atoms with Gasteiger partial charge in [-0.2, -0.15) is 0 Å². The third-order valence-electron chi connectivity index (χ3n) is 2.38. The van der Waals surface area contributed by atoms with Crippen LogP contribution in [0.25, 0.3) is 0 Å². The van der Waals surface area contributed by atoms with Crippen molar-refractivity contribution in [1.82, 2.24) is 0 Å². The third-order valence-corrected chi connectivity index (χ3v) is 3.61. The van der Waals surface area contributed by atoms with Crippen molar-refractivity contribution in [2.75, 3.05) is 10.6 Å². The predicted molar refractivity (Wildman–Crippen MR) is 87.7 cm³/mol. The van der Waals surface area contributed by atoms with Gasteiger partial charge < -0.3 is 10.6 Å². The third kappa shape index (κ3) is 3.73. The minimum absolute atomic E-state index is 0.0207. The Bertz CT molecular complexity index is 664. The summed E-state index contributed by atoms with van der Waals surface area (Å²) in [6, 6.07) is 9.56. The Kier molecular flexibility index (Phi) is 5.05. The van der Waals surface area contributed by atoms with E-state index in [1.165, 1.54) is 12.1 Å². The molecule has 0 atom stereocenters. The number of halogens is 4. The number of hydrogen-bond donors (Lipinski definition) is 2. The molecular weight excluding hydrogens is 342 g/mol. The number of rotatable bonds is 2. The molecule has 0 heterocycles. The van der Waals surface area contributed by atoms with Gasteiger partial charge in [-0.15, -0.1) is 0 Å². The van der Waals surface area contributed by atoms with Gasteiger partial charge in [0.05, 0.1) is 20.8 Å². The van der Waals surface area contributed by atoms with Crippen LogP contribution in [-0.2, 0) is 0 Å². The lowest BCUT2D eigenvalue weighted by Crippen LogP contribution is -2.19. The van der Waals surface area contributed by atoms with Gasteiger partial charge in [0.2, 0.25) is 0 Å². The highest BCUT2D eigenvalue weighted by Gasteiger charge is 2.08. The smallest absolute Gasteiger partial charge is 0.175 e. The minimum Gasteiger partial charge on any atom is -0.332 e. The van der Waals surface area contributed by atoms with Crippen LogP contribution in [0.5, 0.6) is 0 Å². The van der Waals surface area contributed by atoms with Crippen LogP contribution in [0.1, 0.15) is 0 Å². The molecule has 0 saturated carbocycles. The summed E-state index contributed by atoms with van der Waals surface area (Å²) in [6.45, 7) is 0. The highest BCUT2D eigenvalue weighted by Crippen LogP contribution is 2.26. The molecule has 0 spiro atoms. The number of nitrogens with one attached hydrogen (secondary N) is 2. The van der Waals surface area contributed by atoms with Gasteiger partial charge in [-0.25, -0.2) is 4.39 Å². The molecule has 0 saturated heterocycles. The first-order chi connectivity index (χ1) is 9.47. The molecule has 0 unspecified atom stereocenters. The molecule has 0 aliphatic heterocycles. The summed E-state index contributed by atoms with van der Waals surface area (Å²) in [6.07, 6.45) is 0. The van der Waals surface area contributed by atoms with Gasteiger partial charge in [0.1, 0.15) is 0 Å². The molecule has 0 aliphatic carbocycles. The zero-order valence-electron chi connectivity index (χ0n) is 9.88. The van der Waals surface area contributed by atoms with Gasteiger partial charge in [-0.3, -0.25) is 0 Å². The number of hydrogen-bond acceptors (Lipinski definition) is 1. The van der Waals surface area contributed by atoms with E-state index in [9.17, 15) is 4.39 Å².